The summed E-state index contributed by atoms with van der Waals surface area (Å²) in [7, 11) is 0. The van der Waals surface area contributed by atoms with Gasteiger partial charge in [0.05, 0.1) is 22.6 Å². The lowest BCUT2D eigenvalue weighted by molar-refractivity contribution is 0.0586. The van der Waals surface area contributed by atoms with Crippen molar-refractivity contribution in [3.05, 3.63) is 70.3 Å². The van der Waals surface area contributed by atoms with E-state index in [1.165, 1.54) is 0 Å². The summed E-state index contributed by atoms with van der Waals surface area (Å²) in [5.41, 5.74) is 2.98. The summed E-state index contributed by atoms with van der Waals surface area (Å²) >= 11 is 0. The molecule has 4 aromatic rings. The molecule has 0 aliphatic carbocycles. The molecule has 1 fully saturated rings. The Kier molecular flexibility index (Phi) is 5.50. The Morgan fingerprint density at radius 1 is 1.09 bits per heavy atom. The van der Waals surface area contributed by atoms with E-state index in [0.717, 1.165) is 16.7 Å². The van der Waals surface area contributed by atoms with Crippen LogP contribution < -0.4 is 10.2 Å². The van der Waals surface area contributed by atoms with Gasteiger partial charge in [-0.3, -0.25) is 9.59 Å². The van der Waals surface area contributed by atoms with Crippen molar-refractivity contribution in [1.29, 1.82) is 0 Å². The quantitative estimate of drug-likeness (QED) is 0.481. The summed E-state index contributed by atoms with van der Waals surface area (Å²) in [6.07, 6.45) is 4.55. The first-order valence-electron chi connectivity index (χ1n) is 11.2. The first kappa shape index (κ1) is 21.1. The molecule has 0 N–H and O–H groups in total. The van der Waals surface area contributed by atoms with E-state index in [0.29, 0.717) is 49.4 Å². The third-order valence-corrected chi connectivity index (χ3v) is 6.07. The number of hydrogen-bond donors (Lipinski definition) is 0. The summed E-state index contributed by atoms with van der Waals surface area (Å²) in [5.74, 6) is 0.246. The number of para-hydroxylation sites is 2. The first-order chi connectivity index (χ1) is 16.0. The number of carbonyl (C=O) groups is 1. The predicted molar refractivity (Wildman–Crippen MR) is 126 cm³/mol. The first-order valence-corrected chi connectivity index (χ1v) is 11.2. The molecule has 0 unspecified atom stereocenters. The molecule has 0 bridgehead atoms. The lowest BCUT2D eigenvalue weighted by atomic mass is 10.1. The summed E-state index contributed by atoms with van der Waals surface area (Å²) in [4.78, 5) is 41.4. The van der Waals surface area contributed by atoms with Gasteiger partial charge in [-0.05, 0) is 38.1 Å². The fourth-order valence-corrected chi connectivity index (χ4v) is 4.27. The Hall–Kier alpha value is -3.81. The van der Waals surface area contributed by atoms with E-state index in [2.05, 4.69) is 15.0 Å². The van der Waals surface area contributed by atoms with Gasteiger partial charge in [0.1, 0.15) is 17.3 Å². The summed E-state index contributed by atoms with van der Waals surface area (Å²) in [5, 5.41) is 0.474. The minimum atomic E-state index is -0.267. The topological polar surface area (TPSA) is 90.2 Å². The van der Waals surface area contributed by atoms with Crippen LogP contribution >= 0.6 is 0 Å². The zero-order valence-electron chi connectivity index (χ0n) is 18.7. The lowest BCUT2D eigenvalue weighted by Gasteiger charge is -2.32. The van der Waals surface area contributed by atoms with Crippen molar-refractivity contribution in [1.82, 2.24) is 24.4 Å². The molecule has 0 atom stereocenters. The number of hydrogen-bond acceptors (Lipinski definition) is 6. The van der Waals surface area contributed by atoms with Crippen molar-refractivity contribution in [3.63, 3.8) is 0 Å². The number of likely N-dealkylation sites (tertiary alicyclic amines) is 1. The number of fused-ring (bicyclic) bond motifs is 2. The Labute approximate surface area is 190 Å². The number of amides is 1. The van der Waals surface area contributed by atoms with E-state index < -0.39 is 0 Å². The summed E-state index contributed by atoms with van der Waals surface area (Å²) in [6, 6.07) is 11.2. The van der Waals surface area contributed by atoms with Crippen molar-refractivity contribution in [2.24, 2.45) is 0 Å². The van der Waals surface area contributed by atoms with E-state index in [1.807, 2.05) is 42.7 Å². The molecule has 5 rings (SSSR count). The number of pyridine rings is 2. The van der Waals surface area contributed by atoms with E-state index in [9.17, 15) is 9.59 Å². The van der Waals surface area contributed by atoms with Crippen LogP contribution in [0.2, 0.25) is 0 Å². The number of piperidine rings is 1. The van der Waals surface area contributed by atoms with Gasteiger partial charge in [-0.25, -0.2) is 15.0 Å². The normalized spacial score (nSPS) is 14.7. The zero-order chi connectivity index (χ0) is 22.9. The Morgan fingerprint density at radius 3 is 2.61 bits per heavy atom. The minimum absolute atomic E-state index is 0.0550. The maximum absolute atomic E-state index is 13.2. The molecule has 8 nitrogen and oxygen atoms in total. The number of carbonyl (C=O) groups excluding carboxylic acids is 1. The molecule has 33 heavy (non-hydrogen) atoms. The second-order valence-electron chi connectivity index (χ2n) is 8.29. The Bertz CT molecular complexity index is 1410. The van der Waals surface area contributed by atoms with Crippen LogP contribution in [0.1, 0.15) is 35.8 Å². The number of rotatable bonds is 4. The van der Waals surface area contributed by atoms with Gasteiger partial charge < -0.3 is 14.2 Å². The molecule has 1 aliphatic rings. The highest BCUT2D eigenvalue weighted by molar-refractivity contribution is 5.97. The molecule has 1 aliphatic heterocycles. The number of ether oxygens (including phenoxy) is 1. The largest absolute Gasteiger partial charge is 0.473 e. The third-order valence-electron chi connectivity index (χ3n) is 6.07. The SMILES string of the molecule is CCn1cc(C(=O)N2CCC(Oc3cnc4ccccc4n3)CC2)c(=O)c2ccc(C)nc21. The lowest BCUT2D eigenvalue weighted by Crippen LogP contribution is -2.43. The van der Waals surface area contributed by atoms with Crippen LogP contribution in [0.25, 0.3) is 22.1 Å². The van der Waals surface area contributed by atoms with Crippen molar-refractivity contribution in [2.75, 3.05) is 13.1 Å². The third kappa shape index (κ3) is 4.04. The predicted octanol–water partition coefficient (Wildman–Crippen LogP) is 3.35. The van der Waals surface area contributed by atoms with Crippen LogP contribution in [0.15, 0.2) is 53.6 Å². The monoisotopic (exact) mass is 443 g/mol. The van der Waals surface area contributed by atoms with Crippen LogP contribution in [0.4, 0.5) is 0 Å². The minimum Gasteiger partial charge on any atom is -0.473 e. The molecule has 1 saturated heterocycles. The molecule has 0 radical (unpaired) electrons. The zero-order valence-corrected chi connectivity index (χ0v) is 18.7. The summed E-state index contributed by atoms with van der Waals surface area (Å²) < 4.78 is 7.91. The maximum Gasteiger partial charge on any atom is 0.259 e. The van der Waals surface area contributed by atoms with E-state index in [1.54, 1.807) is 29.4 Å². The van der Waals surface area contributed by atoms with Crippen molar-refractivity contribution >= 4 is 28.0 Å². The molecule has 0 saturated carbocycles. The fraction of sp³-hybridized carbons (Fsp3) is 0.320. The van der Waals surface area contributed by atoms with Gasteiger partial charge in [-0.2, -0.15) is 0 Å². The molecular formula is C25H25N5O3. The molecule has 8 heteroatoms. The van der Waals surface area contributed by atoms with Crippen LogP contribution in [-0.4, -0.2) is 49.5 Å². The maximum atomic E-state index is 13.2. The molecule has 1 amide bonds. The molecular weight excluding hydrogens is 418 g/mol. The average molecular weight is 444 g/mol. The van der Waals surface area contributed by atoms with Gasteiger partial charge >= 0.3 is 0 Å². The highest BCUT2D eigenvalue weighted by Crippen LogP contribution is 2.20. The van der Waals surface area contributed by atoms with Gasteiger partial charge in [0.2, 0.25) is 11.3 Å². The van der Waals surface area contributed by atoms with Crippen LogP contribution in [-0.2, 0) is 6.54 Å². The van der Waals surface area contributed by atoms with Gasteiger partial charge in [0.15, 0.2) is 0 Å². The van der Waals surface area contributed by atoms with Crippen LogP contribution in [0.3, 0.4) is 0 Å². The second-order valence-corrected chi connectivity index (χ2v) is 8.29. The highest BCUT2D eigenvalue weighted by Gasteiger charge is 2.27. The van der Waals surface area contributed by atoms with Crippen molar-refractivity contribution < 1.29 is 9.53 Å². The molecule has 168 valence electrons. The van der Waals surface area contributed by atoms with Gasteiger partial charge in [0.25, 0.3) is 5.91 Å². The standard InChI is InChI=1S/C25H25N5O3/c1-3-29-15-19(23(31)18-9-8-16(2)27-24(18)29)25(32)30-12-10-17(11-13-30)33-22-14-26-20-6-4-5-7-21(20)28-22/h4-9,14-15,17H,3,10-13H2,1-2H3. The van der Waals surface area contributed by atoms with Crippen LogP contribution in [0, 0.1) is 6.92 Å². The van der Waals surface area contributed by atoms with E-state index >= 15 is 0 Å². The highest BCUT2D eigenvalue weighted by atomic mass is 16.5. The van der Waals surface area contributed by atoms with E-state index in [-0.39, 0.29) is 23.0 Å². The molecule has 0 spiro atoms. The fourth-order valence-electron chi connectivity index (χ4n) is 4.27. The molecule has 1 aromatic carbocycles. The summed E-state index contributed by atoms with van der Waals surface area (Å²) in [6.45, 7) is 5.51. The number of aryl methyl sites for hydroxylation is 2. The second kappa shape index (κ2) is 8.61. The Morgan fingerprint density at radius 2 is 1.85 bits per heavy atom. The van der Waals surface area contributed by atoms with Gasteiger partial charge in [-0.15, -0.1) is 0 Å². The molecule has 4 heterocycles. The number of aromatic nitrogens is 4. The van der Waals surface area contributed by atoms with Gasteiger partial charge in [-0.1, -0.05) is 12.1 Å². The Balaban J connectivity index is 1.31. The number of benzene rings is 1. The van der Waals surface area contributed by atoms with Crippen LogP contribution in [0.5, 0.6) is 5.88 Å². The average Bonchev–Trinajstić information content (AvgIpc) is 2.84. The smallest absolute Gasteiger partial charge is 0.259 e. The van der Waals surface area contributed by atoms with Crippen molar-refractivity contribution in [2.45, 2.75) is 39.3 Å². The number of nitrogens with zero attached hydrogens (tertiary/aromatic N) is 5. The van der Waals surface area contributed by atoms with E-state index in [4.69, 9.17) is 4.74 Å². The van der Waals surface area contributed by atoms with Gasteiger partial charge in [0, 0.05) is 44.4 Å². The van der Waals surface area contributed by atoms with Crippen molar-refractivity contribution in [3.8, 4) is 5.88 Å². The molecule has 3 aromatic heterocycles.